The molecule has 3 nitrogen and oxygen atoms in total. The summed E-state index contributed by atoms with van der Waals surface area (Å²) in [4.78, 5) is 13.6. The molecule has 0 aromatic heterocycles. The summed E-state index contributed by atoms with van der Waals surface area (Å²) in [5, 5.41) is 3.18. The van der Waals surface area contributed by atoms with Crippen LogP contribution in [-0.4, -0.2) is 24.3 Å². The summed E-state index contributed by atoms with van der Waals surface area (Å²) in [6.45, 7) is 3.98. The first-order valence-corrected chi connectivity index (χ1v) is 9.90. The first-order valence-electron chi connectivity index (χ1n) is 8.68. The van der Waals surface area contributed by atoms with E-state index in [9.17, 15) is 4.79 Å². The van der Waals surface area contributed by atoms with Crippen LogP contribution in [-0.2, 0) is 4.79 Å². The SMILES string of the molecule is CSc1ccc(OC(C)C(=O)NC(C)C2CC3CCC2C3)cc1. The molecule has 2 aliphatic rings. The van der Waals surface area contributed by atoms with Gasteiger partial charge in [0.05, 0.1) is 0 Å². The highest BCUT2D eigenvalue weighted by Gasteiger charge is 2.42. The average Bonchev–Trinajstić information content (AvgIpc) is 3.18. The number of hydrogen-bond donors (Lipinski definition) is 1. The number of amides is 1. The van der Waals surface area contributed by atoms with E-state index in [-0.39, 0.29) is 11.9 Å². The number of ether oxygens (including phenoxy) is 1. The van der Waals surface area contributed by atoms with E-state index in [0.717, 1.165) is 17.6 Å². The van der Waals surface area contributed by atoms with Gasteiger partial charge in [0.1, 0.15) is 5.75 Å². The van der Waals surface area contributed by atoms with Gasteiger partial charge in [-0.05, 0) is 81.4 Å². The van der Waals surface area contributed by atoms with Crippen molar-refractivity contribution in [2.75, 3.05) is 6.26 Å². The Morgan fingerprint density at radius 2 is 1.96 bits per heavy atom. The third-order valence-electron chi connectivity index (χ3n) is 5.55. The molecule has 0 spiro atoms. The third kappa shape index (κ3) is 3.85. The zero-order chi connectivity index (χ0) is 16.4. The van der Waals surface area contributed by atoms with E-state index in [1.165, 1.54) is 30.6 Å². The number of carbonyl (C=O) groups excluding carboxylic acids is 1. The van der Waals surface area contributed by atoms with Crippen molar-refractivity contribution in [3.63, 3.8) is 0 Å². The molecule has 1 aromatic carbocycles. The fraction of sp³-hybridized carbons (Fsp3) is 0.632. The van der Waals surface area contributed by atoms with Gasteiger partial charge in [-0.1, -0.05) is 6.42 Å². The molecule has 2 fully saturated rings. The topological polar surface area (TPSA) is 38.3 Å². The van der Waals surface area contributed by atoms with Crippen LogP contribution in [0.25, 0.3) is 0 Å². The van der Waals surface area contributed by atoms with Gasteiger partial charge in [-0.15, -0.1) is 11.8 Å². The van der Waals surface area contributed by atoms with Crippen LogP contribution in [0.5, 0.6) is 5.75 Å². The number of thioether (sulfide) groups is 1. The Hall–Kier alpha value is -1.16. The molecule has 3 rings (SSSR count). The number of rotatable bonds is 6. The smallest absolute Gasteiger partial charge is 0.260 e. The van der Waals surface area contributed by atoms with E-state index >= 15 is 0 Å². The first-order chi connectivity index (χ1) is 11.1. The molecular weight excluding hydrogens is 306 g/mol. The summed E-state index contributed by atoms with van der Waals surface area (Å²) in [6.07, 6.45) is 6.99. The molecule has 23 heavy (non-hydrogen) atoms. The van der Waals surface area contributed by atoms with Crippen molar-refractivity contribution in [1.29, 1.82) is 0 Å². The number of hydrogen-bond acceptors (Lipinski definition) is 3. The Morgan fingerprint density at radius 1 is 1.22 bits per heavy atom. The summed E-state index contributed by atoms with van der Waals surface area (Å²) < 4.78 is 5.78. The van der Waals surface area contributed by atoms with E-state index in [1.54, 1.807) is 11.8 Å². The lowest BCUT2D eigenvalue weighted by molar-refractivity contribution is -0.128. The third-order valence-corrected chi connectivity index (χ3v) is 6.29. The zero-order valence-corrected chi connectivity index (χ0v) is 15.1. The highest BCUT2D eigenvalue weighted by atomic mass is 32.2. The molecule has 2 bridgehead atoms. The van der Waals surface area contributed by atoms with Crippen molar-refractivity contribution >= 4 is 17.7 Å². The molecule has 5 atom stereocenters. The number of benzene rings is 1. The van der Waals surface area contributed by atoms with Crippen LogP contribution in [0.1, 0.15) is 39.5 Å². The van der Waals surface area contributed by atoms with Crippen molar-refractivity contribution in [2.24, 2.45) is 17.8 Å². The van der Waals surface area contributed by atoms with Gasteiger partial charge >= 0.3 is 0 Å². The standard InChI is InChI=1S/C19H27NO2S/c1-12(18-11-14-4-5-15(18)10-14)20-19(21)13(2)22-16-6-8-17(23-3)9-7-16/h6-9,12-15,18H,4-5,10-11H2,1-3H3,(H,20,21). The molecule has 0 saturated heterocycles. The zero-order valence-electron chi connectivity index (χ0n) is 14.2. The Balaban J connectivity index is 1.50. The van der Waals surface area contributed by atoms with Gasteiger partial charge in [-0.25, -0.2) is 0 Å². The summed E-state index contributed by atoms with van der Waals surface area (Å²) in [5.41, 5.74) is 0. The van der Waals surface area contributed by atoms with Crippen LogP contribution in [0.15, 0.2) is 29.2 Å². The van der Waals surface area contributed by atoms with Crippen LogP contribution in [0, 0.1) is 17.8 Å². The van der Waals surface area contributed by atoms with Crippen LogP contribution < -0.4 is 10.1 Å². The maximum Gasteiger partial charge on any atom is 0.260 e. The normalized spacial score (nSPS) is 28.4. The number of fused-ring (bicyclic) bond motifs is 2. The largest absolute Gasteiger partial charge is 0.481 e. The lowest BCUT2D eigenvalue weighted by Gasteiger charge is -2.29. The van der Waals surface area contributed by atoms with Gasteiger partial charge in [0.2, 0.25) is 0 Å². The molecule has 0 radical (unpaired) electrons. The number of nitrogens with one attached hydrogen (secondary N) is 1. The maximum atomic E-state index is 12.4. The van der Waals surface area contributed by atoms with Gasteiger partial charge in [-0.2, -0.15) is 0 Å². The predicted octanol–water partition coefficient (Wildman–Crippen LogP) is 4.12. The Bertz CT molecular complexity index is 545. The summed E-state index contributed by atoms with van der Waals surface area (Å²) in [7, 11) is 0. The van der Waals surface area contributed by atoms with Crippen molar-refractivity contribution in [3.05, 3.63) is 24.3 Å². The average molecular weight is 333 g/mol. The minimum absolute atomic E-state index is 0.00536. The second kappa shape index (κ2) is 7.16. The van der Waals surface area contributed by atoms with Gasteiger partial charge < -0.3 is 10.1 Å². The molecule has 2 saturated carbocycles. The molecule has 1 aromatic rings. The van der Waals surface area contributed by atoms with Crippen molar-refractivity contribution < 1.29 is 9.53 Å². The van der Waals surface area contributed by atoms with Crippen molar-refractivity contribution in [2.45, 2.75) is 56.6 Å². The minimum Gasteiger partial charge on any atom is -0.481 e. The molecule has 0 aliphatic heterocycles. The molecule has 126 valence electrons. The van der Waals surface area contributed by atoms with E-state index < -0.39 is 6.10 Å². The highest BCUT2D eigenvalue weighted by Crippen LogP contribution is 2.49. The van der Waals surface area contributed by atoms with Crippen LogP contribution in [0.2, 0.25) is 0 Å². The number of carbonyl (C=O) groups is 1. The van der Waals surface area contributed by atoms with E-state index in [1.807, 2.05) is 37.4 Å². The van der Waals surface area contributed by atoms with Crippen LogP contribution >= 0.6 is 11.8 Å². The second-order valence-electron chi connectivity index (χ2n) is 7.07. The molecular formula is C19H27NO2S. The van der Waals surface area contributed by atoms with Gasteiger partial charge in [0.25, 0.3) is 5.91 Å². The van der Waals surface area contributed by atoms with E-state index in [4.69, 9.17) is 4.74 Å². The summed E-state index contributed by atoms with van der Waals surface area (Å²) in [5.74, 6) is 3.14. The monoisotopic (exact) mass is 333 g/mol. The quantitative estimate of drug-likeness (QED) is 0.796. The molecule has 5 unspecified atom stereocenters. The minimum atomic E-state index is -0.462. The molecule has 1 N–H and O–H groups in total. The maximum absolute atomic E-state index is 12.4. The highest BCUT2D eigenvalue weighted by molar-refractivity contribution is 7.98. The van der Waals surface area contributed by atoms with Crippen LogP contribution in [0.4, 0.5) is 0 Å². The fourth-order valence-electron chi connectivity index (χ4n) is 4.27. The Morgan fingerprint density at radius 3 is 2.52 bits per heavy atom. The first kappa shape index (κ1) is 16.7. The van der Waals surface area contributed by atoms with Gasteiger partial charge in [-0.3, -0.25) is 4.79 Å². The van der Waals surface area contributed by atoms with E-state index in [2.05, 4.69) is 12.2 Å². The molecule has 0 heterocycles. The fourth-order valence-corrected chi connectivity index (χ4v) is 4.68. The van der Waals surface area contributed by atoms with Gasteiger partial charge in [0.15, 0.2) is 6.10 Å². The Labute approximate surface area is 143 Å². The Kier molecular flexibility index (Phi) is 5.20. The van der Waals surface area contributed by atoms with Crippen molar-refractivity contribution in [1.82, 2.24) is 5.32 Å². The summed E-state index contributed by atoms with van der Waals surface area (Å²) in [6, 6.07) is 8.14. The molecule has 4 heteroatoms. The van der Waals surface area contributed by atoms with E-state index in [0.29, 0.717) is 5.92 Å². The molecule has 1 amide bonds. The molecule has 2 aliphatic carbocycles. The predicted molar refractivity (Wildman–Crippen MR) is 94.9 cm³/mol. The van der Waals surface area contributed by atoms with Gasteiger partial charge in [0, 0.05) is 10.9 Å². The van der Waals surface area contributed by atoms with Crippen molar-refractivity contribution in [3.8, 4) is 5.75 Å². The second-order valence-corrected chi connectivity index (χ2v) is 7.95. The lowest BCUT2D eigenvalue weighted by Crippen LogP contribution is -2.45. The van der Waals surface area contributed by atoms with Crippen LogP contribution in [0.3, 0.4) is 0 Å². The summed E-state index contributed by atoms with van der Waals surface area (Å²) >= 11 is 1.70. The lowest BCUT2D eigenvalue weighted by atomic mass is 9.84.